The Hall–Kier alpha value is -0.340. The molecule has 1 nitrogen and oxygen atoms in total. The minimum absolute atomic E-state index is 0. The van der Waals surface area contributed by atoms with Gasteiger partial charge in [0, 0.05) is 5.54 Å². The van der Waals surface area contributed by atoms with Crippen LogP contribution in [0.25, 0.3) is 0 Å². The zero-order valence-corrected chi connectivity index (χ0v) is 15.9. The Morgan fingerprint density at radius 2 is 1.38 bits per heavy atom. The average Bonchev–Trinajstić information content (AvgIpc) is 2.41. The van der Waals surface area contributed by atoms with E-state index in [0.717, 1.165) is 0 Å². The van der Waals surface area contributed by atoms with Gasteiger partial charge in [0.2, 0.25) is 0 Å². The lowest BCUT2D eigenvalue weighted by atomic mass is 9.89. The van der Waals surface area contributed by atoms with Gasteiger partial charge in [-0.3, -0.25) is 0 Å². The van der Waals surface area contributed by atoms with Gasteiger partial charge in [-0.25, -0.2) is 0 Å². The maximum atomic E-state index is 6.26. The summed E-state index contributed by atoms with van der Waals surface area (Å²) >= 11 is 0. The van der Waals surface area contributed by atoms with Crippen molar-refractivity contribution in [1.29, 1.82) is 0 Å². The monoisotopic (exact) mass is 355 g/mol. The van der Waals surface area contributed by atoms with E-state index in [2.05, 4.69) is 45.0 Å². The van der Waals surface area contributed by atoms with E-state index in [1.165, 1.54) is 68.9 Å². The molecule has 122 valence electrons. The standard InChI is InChI=1S/C19H33N.BrH/c1-4-5-6-7-8-9-10-11-14-17-15-12-13-16-18(17)19(2,3)20;/h12-13,15-16H,4-11,14,20H2,1-3H3;1H. The Morgan fingerprint density at radius 3 is 1.95 bits per heavy atom. The molecule has 0 fully saturated rings. The van der Waals surface area contributed by atoms with Crippen LogP contribution in [0.2, 0.25) is 0 Å². The van der Waals surface area contributed by atoms with Gasteiger partial charge in [-0.15, -0.1) is 17.0 Å². The second kappa shape index (κ2) is 11.3. The third kappa shape index (κ3) is 8.63. The maximum absolute atomic E-state index is 6.26. The molecule has 1 aromatic rings. The van der Waals surface area contributed by atoms with Crippen molar-refractivity contribution in [1.82, 2.24) is 0 Å². The van der Waals surface area contributed by atoms with Gasteiger partial charge in [0.15, 0.2) is 0 Å². The third-order valence-electron chi connectivity index (χ3n) is 4.01. The lowest BCUT2D eigenvalue weighted by molar-refractivity contribution is 0.541. The fourth-order valence-corrected chi connectivity index (χ4v) is 2.82. The first-order chi connectivity index (χ1) is 9.55. The number of hydrogen-bond acceptors (Lipinski definition) is 1. The van der Waals surface area contributed by atoms with Crippen molar-refractivity contribution >= 4 is 17.0 Å². The summed E-state index contributed by atoms with van der Waals surface area (Å²) in [6, 6.07) is 8.65. The highest BCUT2D eigenvalue weighted by atomic mass is 79.9. The predicted molar refractivity (Wildman–Crippen MR) is 100 cm³/mol. The molecule has 1 rings (SSSR count). The molecule has 0 saturated carbocycles. The first kappa shape index (κ1) is 20.7. The van der Waals surface area contributed by atoms with E-state index >= 15 is 0 Å². The molecule has 0 bridgehead atoms. The van der Waals surface area contributed by atoms with Crippen molar-refractivity contribution in [3.8, 4) is 0 Å². The number of unbranched alkanes of at least 4 members (excludes halogenated alkanes) is 7. The van der Waals surface area contributed by atoms with Gasteiger partial charge < -0.3 is 5.73 Å². The van der Waals surface area contributed by atoms with Crippen LogP contribution in [0.3, 0.4) is 0 Å². The molecule has 1 aromatic carbocycles. The van der Waals surface area contributed by atoms with Crippen LogP contribution in [0.4, 0.5) is 0 Å². The molecule has 2 N–H and O–H groups in total. The second-order valence-corrected chi connectivity index (χ2v) is 6.60. The lowest BCUT2D eigenvalue weighted by Crippen LogP contribution is -2.30. The minimum atomic E-state index is -0.225. The van der Waals surface area contributed by atoms with E-state index in [9.17, 15) is 0 Å². The summed E-state index contributed by atoms with van der Waals surface area (Å²) in [5, 5.41) is 0. The molecular formula is C19H34BrN. The summed E-state index contributed by atoms with van der Waals surface area (Å²) in [7, 11) is 0. The molecule has 21 heavy (non-hydrogen) atoms. The number of nitrogens with two attached hydrogens (primary N) is 1. The molecule has 0 amide bonds. The van der Waals surface area contributed by atoms with Crippen molar-refractivity contribution < 1.29 is 0 Å². The first-order valence-electron chi connectivity index (χ1n) is 8.43. The van der Waals surface area contributed by atoms with E-state index < -0.39 is 0 Å². The largest absolute Gasteiger partial charge is 0.322 e. The molecule has 0 aliphatic rings. The Labute approximate surface area is 142 Å². The quantitative estimate of drug-likeness (QED) is 0.501. The first-order valence-corrected chi connectivity index (χ1v) is 8.43. The summed E-state index contributed by atoms with van der Waals surface area (Å²) < 4.78 is 0. The highest BCUT2D eigenvalue weighted by Gasteiger charge is 2.17. The van der Waals surface area contributed by atoms with Gasteiger partial charge in [0.05, 0.1) is 0 Å². The van der Waals surface area contributed by atoms with Crippen molar-refractivity contribution in [2.75, 3.05) is 0 Å². The zero-order chi connectivity index (χ0) is 14.8. The zero-order valence-electron chi connectivity index (χ0n) is 14.2. The molecule has 0 aliphatic heterocycles. The summed E-state index contributed by atoms with van der Waals surface area (Å²) in [6.45, 7) is 6.47. The van der Waals surface area contributed by atoms with Gasteiger partial charge in [0.25, 0.3) is 0 Å². The maximum Gasteiger partial charge on any atom is 0.0355 e. The van der Waals surface area contributed by atoms with E-state index in [1.807, 2.05) is 0 Å². The van der Waals surface area contributed by atoms with Crippen LogP contribution in [0.15, 0.2) is 24.3 Å². The van der Waals surface area contributed by atoms with Crippen LogP contribution < -0.4 is 5.73 Å². The van der Waals surface area contributed by atoms with E-state index in [4.69, 9.17) is 5.73 Å². The molecule has 0 spiro atoms. The molecule has 0 saturated heterocycles. The molecule has 0 unspecified atom stereocenters. The number of aryl methyl sites for hydroxylation is 1. The Kier molecular flexibility index (Phi) is 11.1. The topological polar surface area (TPSA) is 26.0 Å². The summed E-state index contributed by atoms with van der Waals surface area (Å²) in [6.07, 6.45) is 12.2. The molecule has 0 heterocycles. The van der Waals surface area contributed by atoms with Crippen LogP contribution in [-0.2, 0) is 12.0 Å². The lowest BCUT2D eigenvalue weighted by Gasteiger charge is -2.22. The van der Waals surface area contributed by atoms with Crippen molar-refractivity contribution in [3.05, 3.63) is 35.4 Å². The fourth-order valence-electron chi connectivity index (χ4n) is 2.82. The van der Waals surface area contributed by atoms with Crippen molar-refractivity contribution in [3.63, 3.8) is 0 Å². The van der Waals surface area contributed by atoms with Crippen LogP contribution in [0.1, 0.15) is 83.3 Å². The summed E-state index contributed by atoms with van der Waals surface area (Å²) in [5.74, 6) is 0. The van der Waals surface area contributed by atoms with Gasteiger partial charge in [-0.05, 0) is 37.8 Å². The Bertz CT molecular complexity index is 368. The smallest absolute Gasteiger partial charge is 0.0355 e. The van der Waals surface area contributed by atoms with Crippen LogP contribution in [-0.4, -0.2) is 0 Å². The third-order valence-corrected chi connectivity index (χ3v) is 4.01. The van der Waals surface area contributed by atoms with Crippen LogP contribution >= 0.6 is 17.0 Å². The normalized spacial score (nSPS) is 11.2. The van der Waals surface area contributed by atoms with Crippen LogP contribution in [0, 0.1) is 0 Å². The van der Waals surface area contributed by atoms with Crippen molar-refractivity contribution in [2.45, 2.75) is 84.1 Å². The average molecular weight is 356 g/mol. The van der Waals surface area contributed by atoms with E-state index in [-0.39, 0.29) is 22.5 Å². The second-order valence-electron chi connectivity index (χ2n) is 6.60. The Balaban J connectivity index is 0.00000400. The van der Waals surface area contributed by atoms with E-state index in [0.29, 0.717) is 0 Å². The highest BCUT2D eigenvalue weighted by Crippen LogP contribution is 2.23. The molecule has 0 atom stereocenters. The van der Waals surface area contributed by atoms with Crippen LogP contribution in [0.5, 0.6) is 0 Å². The SMILES string of the molecule is Br.CCCCCCCCCCc1ccccc1C(C)(C)N. The molecular weight excluding hydrogens is 322 g/mol. The van der Waals surface area contributed by atoms with Gasteiger partial charge in [-0.2, -0.15) is 0 Å². The highest BCUT2D eigenvalue weighted by molar-refractivity contribution is 8.93. The number of hydrogen-bond donors (Lipinski definition) is 1. The van der Waals surface area contributed by atoms with E-state index in [1.54, 1.807) is 0 Å². The molecule has 0 aromatic heterocycles. The number of benzene rings is 1. The van der Waals surface area contributed by atoms with Gasteiger partial charge in [-0.1, -0.05) is 76.1 Å². The summed E-state index contributed by atoms with van der Waals surface area (Å²) in [4.78, 5) is 0. The van der Waals surface area contributed by atoms with Gasteiger partial charge >= 0.3 is 0 Å². The fraction of sp³-hybridized carbons (Fsp3) is 0.684. The number of rotatable bonds is 10. The molecule has 0 radical (unpaired) electrons. The van der Waals surface area contributed by atoms with Crippen molar-refractivity contribution in [2.24, 2.45) is 5.73 Å². The molecule has 0 aliphatic carbocycles. The van der Waals surface area contributed by atoms with Gasteiger partial charge in [0.1, 0.15) is 0 Å². The minimum Gasteiger partial charge on any atom is -0.322 e. The summed E-state index contributed by atoms with van der Waals surface area (Å²) in [5.41, 5.74) is 8.77. The molecule has 2 heteroatoms. The Morgan fingerprint density at radius 1 is 0.857 bits per heavy atom. The predicted octanol–water partition coefficient (Wildman–Crippen LogP) is 6.14. The number of halogens is 1.